The number of hydrogen-bond acceptors (Lipinski definition) is 5. The van der Waals surface area contributed by atoms with Crippen LogP contribution in [0.1, 0.15) is 35.0 Å². The number of carbonyl (C=O) groups is 1. The van der Waals surface area contributed by atoms with Crippen LogP contribution >= 0.6 is 11.3 Å². The van der Waals surface area contributed by atoms with Crippen LogP contribution in [0.15, 0.2) is 46.7 Å². The molecule has 0 bridgehead atoms. The second-order valence-electron chi connectivity index (χ2n) is 6.08. The number of aliphatic hydroxyl groups is 1. The Morgan fingerprint density at radius 2 is 2.08 bits per heavy atom. The van der Waals surface area contributed by atoms with Gasteiger partial charge in [-0.3, -0.25) is 4.79 Å². The van der Waals surface area contributed by atoms with E-state index in [1.54, 1.807) is 6.07 Å². The molecule has 0 spiro atoms. The second kappa shape index (κ2) is 6.40. The number of hydrogen-bond donors (Lipinski definition) is 2. The van der Waals surface area contributed by atoms with E-state index in [1.165, 1.54) is 36.5 Å². The molecule has 2 aromatic rings. The van der Waals surface area contributed by atoms with Gasteiger partial charge in [-0.15, -0.1) is 11.3 Å². The Bertz CT molecular complexity index is 841. The number of thiophene rings is 1. The van der Waals surface area contributed by atoms with Gasteiger partial charge in [-0.05, 0) is 49.3 Å². The van der Waals surface area contributed by atoms with E-state index in [9.17, 15) is 18.3 Å². The monoisotopic (exact) mass is 365 g/mol. The van der Waals surface area contributed by atoms with Gasteiger partial charge in [-0.1, -0.05) is 18.2 Å². The molecule has 3 rings (SSSR count). The van der Waals surface area contributed by atoms with Crippen molar-refractivity contribution in [3.05, 3.63) is 52.2 Å². The van der Waals surface area contributed by atoms with Gasteiger partial charge in [0.15, 0.2) is 5.78 Å². The van der Waals surface area contributed by atoms with Crippen LogP contribution in [0.3, 0.4) is 0 Å². The first-order valence-corrected chi connectivity index (χ1v) is 10.1. The third kappa shape index (κ3) is 3.44. The van der Waals surface area contributed by atoms with Crippen molar-refractivity contribution in [2.75, 3.05) is 6.54 Å². The molecule has 5 nitrogen and oxygen atoms in total. The first kappa shape index (κ1) is 17.3. The van der Waals surface area contributed by atoms with Gasteiger partial charge in [-0.25, -0.2) is 13.1 Å². The van der Waals surface area contributed by atoms with Crippen LogP contribution in [0, 0.1) is 5.92 Å². The first-order chi connectivity index (χ1) is 11.3. The molecular weight excluding hydrogens is 346 g/mol. The second-order valence-corrected chi connectivity index (χ2v) is 8.80. The predicted octanol–water partition coefficient (Wildman–Crippen LogP) is 2.53. The molecule has 0 aliphatic heterocycles. The van der Waals surface area contributed by atoms with E-state index >= 15 is 0 Å². The van der Waals surface area contributed by atoms with Gasteiger partial charge in [0, 0.05) is 17.0 Å². The van der Waals surface area contributed by atoms with Crippen molar-refractivity contribution in [3.63, 3.8) is 0 Å². The quantitative estimate of drug-likeness (QED) is 0.739. The van der Waals surface area contributed by atoms with E-state index in [-0.39, 0.29) is 23.1 Å². The lowest BCUT2D eigenvalue weighted by Gasteiger charge is -2.27. The topological polar surface area (TPSA) is 83.5 Å². The minimum Gasteiger partial charge on any atom is -0.383 e. The Hall–Kier alpha value is -1.54. The molecule has 1 saturated carbocycles. The zero-order valence-electron chi connectivity index (χ0n) is 13.2. The van der Waals surface area contributed by atoms with Crippen LogP contribution in [-0.2, 0) is 15.6 Å². The van der Waals surface area contributed by atoms with Gasteiger partial charge in [0.25, 0.3) is 0 Å². The normalized spacial score (nSPS) is 17.4. The Balaban J connectivity index is 1.82. The molecule has 1 fully saturated rings. The first-order valence-electron chi connectivity index (χ1n) is 7.70. The number of rotatable bonds is 7. The van der Waals surface area contributed by atoms with Crippen LogP contribution in [0.4, 0.5) is 0 Å². The molecule has 1 heterocycles. The molecule has 24 heavy (non-hydrogen) atoms. The average Bonchev–Trinajstić information content (AvgIpc) is 3.28. The Kier molecular flexibility index (Phi) is 4.61. The van der Waals surface area contributed by atoms with Crippen molar-refractivity contribution in [1.82, 2.24) is 4.72 Å². The molecule has 0 radical (unpaired) electrons. The number of ketones is 1. The van der Waals surface area contributed by atoms with E-state index in [4.69, 9.17) is 0 Å². The number of benzene rings is 1. The number of Topliss-reactive ketones (excluding diaryl/α,β-unsaturated/α-hetero) is 1. The fraction of sp³-hybridized carbons (Fsp3) is 0.353. The van der Waals surface area contributed by atoms with Crippen molar-refractivity contribution in [3.8, 4) is 0 Å². The largest absolute Gasteiger partial charge is 0.383 e. The Morgan fingerprint density at radius 1 is 1.33 bits per heavy atom. The Labute approximate surface area is 145 Å². The minimum absolute atomic E-state index is 0.0273. The van der Waals surface area contributed by atoms with Crippen LogP contribution in [0.25, 0.3) is 0 Å². The Morgan fingerprint density at radius 3 is 2.67 bits per heavy atom. The van der Waals surface area contributed by atoms with Crippen LogP contribution in [0.5, 0.6) is 0 Å². The van der Waals surface area contributed by atoms with Crippen molar-refractivity contribution >= 4 is 27.1 Å². The van der Waals surface area contributed by atoms with Crippen LogP contribution in [0.2, 0.25) is 0 Å². The van der Waals surface area contributed by atoms with Gasteiger partial charge in [0.1, 0.15) is 5.60 Å². The standard InChI is InChI=1S/C17H19NO4S2/c1-12(19)13-4-2-5-15(10-13)24(21,22)18-11-17(20,14-7-8-14)16-6-3-9-23-16/h2-6,9-10,14,18,20H,7-8,11H2,1H3. The van der Waals surface area contributed by atoms with Gasteiger partial charge < -0.3 is 5.11 Å². The highest BCUT2D eigenvalue weighted by molar-refractivity contribution is 7.89. The van der Waals surface area contributed by atoms with E-state index < -0.39 is 15.6 Å². The molecular formula is C17H19NO4S2. The summed E-state index contributed by atoms with van der Waals surface area (Å²) in [6.45, 7) is 1.31. The summed E-state index contributed by atoms with van der Waals surface area (Å²) in [7, 11) is -3.80. The molecule has 1 aliphatic carbocycles. The molecule has 1 atom stereocenters. The van der Waals surface area contributed by atoms with Crippen molar-refractivity contribution in [2.24, 2.45) is 5.92 Å². The van der Waals surface area contributed by atoms with Gasteiger partial charge >= 0.3 is 0 Å². The highest BCUT2D eigenvalue weighted by Crippen LogP contribution is 2.46. The number of carbonyl (C=O) groups excluding carboxylic acids is 1. The maximum atomic E-state index is 12.5. The molecule has 1 aromatic heterocycles. The van der Waals surface area contributed by atoms with Gasteiger partial charge in [-0.2, -0.15) is 0 Å². The minimum atomic E-state index is -3.80. The summed E-state index contributed by atoms with van der Waals surface area (Å²) in [5, 5.41) is 12.9. The zero-order chi connectivity index (χ0) is 17.4. The summed E-state index contributed by atoms with van der Waals surface area (Å²) >= 11 is 1.42. The summed E-state index contributed by atoms with van der Waals surface area (Å²) in [4.78, 5) is 12.2. The smallest absolute Gasteiger partial charge is 0.240 e. The van der Waals surface area contributed by atoms with E-state index in [0.29, 0.717) is 5.56 Å². The van der Waals surface area contributed by atoms with Crippen molar-refractivity contribution < 1.29 is 18.3 Å². The van der Waals surface area contributed by atoms with Crippen molar-refractivity contribution in [2.45, 2.75) is 30.3 Å². The third-order valence-corrected chi connectivity index (χ3v) is 6.72. The number of nitrogens with one attached hydrogen (secondary N) is 1. The number of sulfonamides is 1. The lowest BCUT2D eigenvalue weighted by molar-refractivity contribution is 0.0222. The summed E-state index contributed by atoms with van der Waals surface area (Å²) in [5.41, 5.74) is -0.840. The molecule has 2 N–H and O–H groups in total. The summed E-state index contributed by atoms with van der Waals surface area (Å²) in [6.07, 6.45) is 1.77. The van der Waals surface area contributed by atoms with Crippen LogP contribution < -0.4 is 4.72 Å². The van der Waals surface area contributed by atoms with Gasteiger partial charge in [0.05, 0.1) is 4.90 Å². The maximum Gasteiger partial charge on any atom is 0.240 e. The fourth-order valence-corrected chi connectivity index (χ4v) is 4.71. The summed E-state index contributed by atoms with van der Waals surface area (Å²) in [5.74, 6) is -0.123. The summed E-state index contributed by atoms with van der Waals surface area (Å²) < 4.78 is 27.6. The molecule has 0 saturated heterocycles. The average molecular weight is 365 g/mol. The fourth-order valence-electron chi connectivity index (χ4n) is 2.69. The SMILES string of the molecule is CC(=O)c1cccc(S(=O)(=O)NCC(O)(c2cccs2)C2CC2)c1. The van der Waals surface area contributed by atoms with Crippen molar-refractivity contribution in [1.29, 1.82) is 0 Å². The van der Waals surface area contributed by atoms with E-state index in [1.807, 2.05) is 17.5 Å². The maximum absolute atomic E-state index is 12.5. The molecule has 1 unspecified atom stereocenters. The van der Waals surface area contributed by atoms with Crippen LogP contribution in [-0.4, -0.2) is 25.9 Å². The van der Waals surface area contributed by atoms with Gasteiger partial charge in [0.2, 0.25) is 10.0 Å². The predicted molar refractivity (Wildman–Crippen MR) is 92.6 cm³/mol. The molecule has 1 aromatic carbocycles. The molecule has 128 valence electrons. The third-order valence-electron chi connectivity index (χ3n) is 4.28. The lowest BCUT2D eigenvalue weighted by Crippen LogP contribution is -2.41. The van der Waals surface area contributed by atoms with E-state index in [0.717, 1.165) is 17.7 Å². The molecule has 0 amide bonds. The van der Waals surface area contributed by atoms with E-state index in [2.05, 4.69) is 4.72 Å². The zero-order valence-corrected chi connectivity index (χ0v) is 14.9. The molecule has 7 heteroatoms. The highest BCUT2D eigenvalue weighted by atomic mass is 32.2. The lowest BCUT2D eigenvalue weighted by atomic mass is 9.96. The summed E-state index contributed by atoms with van der Waals surface area (Å²) in [6, 6.07) is 9.58. The highest BCUT2D eigenvalue weighted by Gasteiger charge is 2.46. The molecule has 1 aliphatic rings.